The molecule has 0 aromatic heterocycles. The average Bonchev–Trinajstić information content (AvgIpc) is 2.43. The van der Waals surface area contributed by atoms with E-state index in [1.807, 2.05) is 20.8 Å². The van der Waals surface area contributed by atoms with Gasteiger partial charge in [0.05, 0.1) is 0 Å². The van der Waals surface area contributed by atoms with Crippen molar-refractivity contribution in [2.45, 2.75) is 53.4 Å². The van der Waals surface area contributed by atoms with Gasteiger partial charge in [-0.15, -0.1) is 0 Å². The highest BCUT2D eigenvalue weighted by Crippen LogP contribution is 2.38. The first-order valence-corrected chi connectivity index (χ1v) is 7.59. The standard InChI is InChI=1S/C15H27N3O2/c1-6-9-11(4)15(8-3)12(19)17-14(16-10-7-2)18(5)13(15)20/h11H,6-10H2,1-5H3,(H,16,17,19). The molecular formula is C15H27N3O2. The first-order valence-electron chi connectivity index (χ1n) is 7.59. The number of rotatable bonds is 6. The second-order valence-electron chi connectivity index (χ2n) is 5.54. The molecule has 5 nitrogen and oxygen atoms in total. The summed E-state index contributed by atoms with van der Waals surface area (Å²) in [5, 5.41) is 2.83. The van der Waals surface area contributed by atoms with Gasteiger partial charge in [0.25, 0.3) is 0 Å². The van der Waals surface area contributed by atoms with Gasteiger partial charge in [-0.25, -0.2) is 0 Å². The first-order chi connectivity index (χ1) is 9.45. The van der Waals surface area contributed by atoms with Crippen molar-refractivity contribution in [2.75, 3.05) is 13.6 Å². The number of aliphatic imine (C=N–C) groups is 1. The molecule has 1 aliphatic rings. The molecular weight excluding hydrogens is 254 g/mol. The molecule has 0 saturated carbocycles. The van der Waals surface area contributed by atoms with Crippen LogP contribution in [0.15, 0.2) is 4.99 Å². The third-order valence-corrected chi connectivity index (χ3v) is 4.24. The third kappa shape index (κ3) is 2.72. The highest BCUT2D eigenvalue weighted by Gasteiger charge is 2.53. The number of nitrogens with one attached hydrogen (secondary N) is 1. The van der Waals surface area contributed by atoms with E-state index in [2.05, 4.69) is 17.2 Å². The molecule has 1 rings (SSSR count). The number of hydrogen-bond acceptors (Lipinski definition) is 3. The second-order valence-corrected chi connectivity index (χ2v) is 5.54. The van der Waals surface area contributed by atoms with Crippen LogP contribution in [0.3, 0.4) is 0 Å². The summed E-state index contributed by atoms with van der Waals surface area (Å²) in [6.07, 6.45) is 3.23. The molecule has 1 aliphatic heterocycles. The Hall–Kier alpha value is -1.39. The number of hydrogen-bond donors (Lipinski definition) is 1. The minimum absolute atomic E-state index is 0.0279. The van der Waals surface area contributed by atoms with E-state index in [1.54, 1.807) is 7.05 Å². The van der Waals surface area contributed by atoms with Gasteiger partial charge in [-0.3, -0.25) is 24.8 Å². The monoisotopic (exact) mass is 281 g/mol. The number of guanidine groups is 1. The number of amides is 2. The quantitative estimate of drug-likeness (QED) is 0.758. The molecule has 2 amide bonds. The van der Waals surface area contributed by atoms with Crippen molar-refractivity contribution in [3.05, 3.63) is 0 Å². The Morgan fingerprint density at radius 3 is 2.40 bits per heavy atom. The lowest BCUT2D eigenvalue weighted by molar-refractivity contribution is -0.153. The van der Waals surface area contributed by atoms with Gasteiger partial charge in [-0.1, -0.05) is 34.1 Å². The fourth-order valence-corrected chi connectivity index (χ4v) is 2.93. The lowest BCUT2D eigenvalue weighted by Gasteiger charge is -2.42. The Balaban J connectivity index is 3.12. The summed E-state index contributed by atoms with van der Waals surface area (Å²) < 4.78 is 0. The minimum Gasteiger partial charge on any atom is -0.295 e. The first kappa shape index (κ1) is 16.7. The van der Waals surface area contributed by atoms with Gasteiger partial charge in [0.2, 0.25) is 17.8 Å². The average molecular weight is 281 g/mol. The van der Waals surface area contributed by atoms with E-state index in [0.29, 0.717) is 18.9 Å². The summed E-state index contributed by atoms with van der Waals surface area (Å²) in [6, 6.07) is 0. The zero-order chi connectivity index (χ0) is 15.3. The molecule has 5 heteroatoms. The Labute approximate surface area is 121 Å². The van der Waals surface area contributed by atoms with Gasteiger partial charge < -0.3 is 0 Å². The van der Waals surface area contributed by atoms with Crippen molar-refractivity contribution in [3.8, 4) is 0 Å². The van der Waals surface area contributed by atoms with Gasteiger partial charge in [-0.2, -0.15) is 0 Å². The van der Waals surface area contributed by atoms with Gasteiger partial charge >= 0.3 is 0 Å². The Kier molecular flexibility index (Phi) is 5.72. The summed E-state index contributed by atoms with van der Waals surface area (Å²) in [5.41, 5.74) is -0.948. The SMILES string of the molecule is CCCN=C1NC(=O)C(CC)(C(C)CCC)C(=O)N1C. The van der Waals surface area contributed by atoms with Crippen LogP contribution < -0.4 is 5.32 Å². The van der Waals surface area contributed by atoms with Gasteiger partial charge in [0, 0.05) is 13.6 Å². The van der Waals surface area contributed by atoms with E-state index in [-0.39, 0.29) is 17.7 Å². The smallest absolute Gasteiger partial charge is 0.244 e. The molecule has 2 unspecified atom stereocenters. The van der Waals surface area contributed by atoms with E-state index in [0.717, 1.165) is 19.3 Å². The summed E-state index contributed by atoms with van der Waals surface area (Å²) in [7, 11) is 1.69. The molecule has 114 valence electrons. The maximum Gasteiger partial charge on any atom is 0.244 e. The predicted molar refractivity (Wildman–Crippen MR) is 80.3 cm³/mol. The Morgan fingerprint density at radius 2 is 1.90 bits per heavy atom. The van der Waals surface area contributed by atoms with Gasteiger partial charge in [0.1, 0.15) is 5.41 Å². The van der Waals surface area contributed by atoms with E-state index in [4.69, 9.17) is 0 Å². The highest BCUT2D eigenvalue weighted by molar-refractivity contribution is 6.20. The topological polar surface area (TPSA) is 61.8 Å². The molecule has 1 N–H and O–H groups in total. The van der Waals surface area contributed by atoms with Crippen LogP contribution in [0.5, 0.6) is 0 Å². The number of nitrogens with zero attached hydrogens (tertiary/aromatic N) is 2. The van der Waals surface area contributed by atoms with E-state index < -0.39 is 5.41 Å². The molecule has 2 atom stereocenters. The minimum atomic E-state index is -0.948. The number of carbonyl (C=O) groups excluding carboxylic acids is 2. The molecule has 0 aromatic rings. The van der Waals surface area contributed by atoms with Crippen LogP contribution in [-0.4, -0.2) is 36.3 Å². The molecule has 1 fully saturated rings. The van der Waals surface area contributed by atoms with Crippen LogP contribution in [0.2, 0.25) is 0 Å². The van der Waals surface area contributed by atoms with E-state index >= 15 is 0 Å². The number of carbonyl (C=O) groups is 2. The lowest BCUT2D eigenvalue weighted by atomic mass is 9.69. The summed E-state index contributed by atoms with van der Waals surface area (Å²) >= 11 is 0. The van der Waals surface area contributed by atoms with Crippen LogP contribution in [0.1, 0.15) is 53.4 Å². The van der Waals surface area contributed by atoms with Crippen molar-refractivity contribution < 1.29 is 9.59 Å². The van der Waals surface area contributed by atoms with Crippen LogP contribution in [0.4, 0.5) is 0 Å². The van der Waals surface area contributed by atoms with Crippen molar-refractivity contribution in [1.29, 1.82) is 0 Å². The Morgan fingerprint density at radius 1 is 1.25 bits per heavy atom. The molecule has 0 radical (unpaired) electrons. The summed E-state index contributed by atoms with van der Waals surface area (Å²) in [5.74, 6) is 0.0910. The van der Waals surface area contributed by atoms with Crippen molar-refractivity contribution in [3.63, 3.8) is 0 Å². The van der Waals surface area contributed by atoms with Crippen LogP contribution in [-0.2, 0) is 9.59 Å². The molecule has 0 aromatic carbocycles. The summed E-state index contributed by atoms with van der Waals surface area (Å²) in [6.45, 7) is 8.59. The zero-order valence-corrected chi connectivity index (χ0v) is 13.3. The molecule has 0 spiro atoms. The maximum absolute atomic E-state index is 12.8. The molecule has 1 heterocycles. The van der Waals surface area contributed by atoms with Crippen molar-refractivity contribution in [1.82, 2.24) is 10.2 Å². The third-order valence-electron chi connectivity index (χ3n) is 4.24. The zero-order valence-electron chi connectivity index (χ0n) is 13.3. The van der Waals surface area contributed by atoms with Crippen LogP contribution >= 0.6 is 0 Å². The molecule has 0 aliphatic carbocycles. The summed E-state index contributed by atoms with van der Waals surface area (Å²) in [4.78, 5) is 31.1. The van der Waals surface area contributed by atoms with E-state index in [1.165, 1.54) is 4.90 Å². The molecule has 1 saturated heterocycles. The fourth-order valence-electron chi connectivity index (χ4n) is 2.93. The fraction of sp³-hybridized carbons (Fsp3) is 0.800. The van der Waals surface area contributed by atoms with Crippen LogP contribution in [0, 0.1) is 11.3 Å². The predicted octanol–water partition coefficient (Wildman–Crippen LogP) is 2.17. The van der Waals surface area contributed by atoms with Gasteiger partial charge in [-0.05, 0) is 25.2 Å². The van der Waals surface area contributed by atoms with Crippen LogP contribution in [0.25, 0.3) is 0 Å². The maximum atomic E-state index is 12.8. The second kappa shape index (κ2) is 6.86. The van der Waals surface area contributed by atoms with Crippen molar-refractivity contribution in [2.24, 2.45) is 16.3 Å². The largest absolute Gasteiger partial charge is 0.295 e. The molecule has 0 bridgehead atoms. The Bertz CT molecular complexity index is 406. The van der Waals surface area contributed by atoms with Crippen molar-refractivity contribution >= 4 is 17.8 Å². The van der Waals surface area contributed by atoms with Gasteiger partial charge in [0.15, 0.2) is 0 Å². The highest BCUT2D eigenvalue weighted by atomic mass is 16.2. The normalized spacial score (nSPS) is 26.9. The van der Waals surface area contributed by atoms with E-state index in [9.17, 15) is 9.59 Å². The lowest BCUT2D eigenvalue weighted by Crippen LogP contribution is -2.65. The molecule has 20 heavy (non-hydrogen) atoms.